The summed E-state index contributed by atoms with van der Waals surface area (Å²) in [6, 6.07) is 14.3. The first-order valence-electron chi connectivity index (χ1n) is 11.4. The molecule has 35 heavy (non-hydrogen) atoms. The molecule has 1 saturated heterocycles. The second-order valence-electron chi connectivity index (χ2n) is 7.99. The predicted octanol–water partition coefficient (Wildman–Crippen LogP) is 5.05. The maximum atomic E-state index is 14.6. The zero-order valence-electron chi connectivity index (χ0n) is 19.3. The smallest absolute Gasteiger partial charge is 0.241 e. The van der Waals surface area contributed by atoms with Crippen LogP contribution in [-0.4, -0.2) is 67.6 Å². The fourth-order valence-corrected chi connectivity index (χ4v) is 4.54. The van der Waals surface area contributed by atoms with Gasteiger partial charge in [0.25, 0.3) is 0 Å². The van der Waals surface area contributed by atoms with E-state index in [4.69, 9.17) is 14.2 Å². The molecule has 2 aromatic heterocycles. The Morgan fingerprint density at radius 2 is 1.94 bits per heavy atom. The molecule has 9 heteroatoms. The van der Waals surface area contributed by atoms with E-state index < -0.39 is 5.82 Å². The van der Waals surface area contributed by atoms with Gasteiger partial charge in [0.1, 0.15) is 17.1 Å². The fraction of sp³-hybridized carbons (Fsp3) is 0.269. The van der Waals surface area contributed by atoms with Gasteiger partial charge in [-0.3, -0.25) is 9.89 Å². The molecule has 0 atom stereocenters. The summed E-state index contributed by atoms with van der Waals surface area (Å²) in [7, 11) is 1.64. The number of halogens is 1. The molecule has 1 fully saturated rings. The SMILES string of the molecule is CN=Cc1ccc(Oc2nc(-c3ccc(OCCN4CCOCC4)cc3)nc3ccsc23)c(F)c1. The molecule has 4 aromatic rings. The standard InChI is InChI=1S/C26H25FN4O3S/c1-28-17-18-2-7-23(21(27)16-18)34-26-24-22(8-15-35-24)29-25(30-26)19-3-5-20(6-4-19)33-14-11-31-9-12-32-13-10-31/h2-8,15-17H,9-14H2,1H3. The van der Waals surface area contributed by atoms with Crippen molar-refractivity contribution >= 4 is 27.8 Å². The van der Waals surface area contributed by atoms with Crippen molar-refractivity contribution in [2.24, 2.45) is 4.99 Å². The monoisotopic (exact) mass is 492 g/mol. The second kappa shape index (κ2) is 10.9. The van der Waals surface area contributed by atoms with E-state index in [9.17, 15) is 4.39 Å². The van der Waals surface area contributed by atoms with Crippen molar-refractivity contribution in [3.8, 4) is 28.8 Å². The normalized spacial score (nSPS) is 14.6. The first-order chi connectivity index (χ1) is 17.2. The van der Waals surface area contributed by atoms with E-state index in [2.05, 4.69) is 19.9 Å². The maximum Gasteiger partial charge on any atom is 0.241 e. The predicted molar refractivity (Wildman–Crippen MR) is 136 cm³/mol. The van der Waals surface area contributed by atoms with Gasteiger partial charge in [0.15, 0.2) is 17.4 Å². The second-order valence-corrected chi connectivity index (χ2v) is 8.91. The van der Waals surface area contributed by atoms with E-state index in [1.54, 1.807) is 25.4 Å². The highest BCUT2D eigenvalue weighted by atomic mass is 32.1. The molecule has 5 rings (SSSR count). The van der Waals surface area contributed by atoms with E-state index in [0.29, 0.717) is 23.9 Å². The zero-order valence-corrected chi connectivity index (χ0v) is 20.1. The van der Waals surface area contributed by atoms with Gasteiger partial charge < -0.3 is 14.2 Å². The lowest BCUT2D eigenvalue weighted by Gasteiger charge is -2.26. The number of hydrogen-bond acceptors (Lipinski definition) is 8. The van der Waals surface area contributed by atoms with Crippen LogP contribution in [0.25, 0.3) is 21.6 Å². The lowest BCUT2D eigenvalue weighted by molar-refractivity contribution is 0.0322. The van der Waals surface area contributed by atoms with Crippen molar-refractivity contribution < 1.29 is 18.6 Å². The topological polar surface area (TPSA) is 69.1 Å². The number of thiophene rings is 1. The van der Waals surface area contributed by atoms with Crippen LogP contribution in [-0.2, 0) is 4.74 Å². The molecule has 3 heterocycles. The average Bonchev–Trinajstić information content (AvgIpc) is 3.36. The highest BCUT2D eigenvalue weighted by Gasteiger charge is 2.15. The molecule has 0 unspecified atom stereocenters. The van der Waals surface area contributed by atoms with E-state index >= 15 is 0 Å². The minimum Gasteiger partial charge on any atom is -0.492 e. The van der Waals surface area contributed by atoms with Crippen LogP contribution in [0.1, 0.15) is 5.56 Å². The van der Waals surface area contributed by atoms with Crippen LogP contribution in [0.4, 0.5) is 4.39 Å². The third kappa shape index (κ3) is 5.64. The van der Waals surface area contributed by atoms with Crippen LogP contribution in [0.2, 0.25) is 0 Å². The Labute approximate surface area is 206 Å². The van der Waals surface area contributed by atoms with Gasteiger partial charge in [0.2, 0.25) is 5.88 Å². The van der Waals surface area contributed by atoms with Crippen molar-refractivity contribution in [1.82, 2.24) is 14.9 Å². The summed E-state index contributed by atoms with van der Waals surface area (Å²) in [5, 5.41) is 1.92. The summed E-state index contributed by atoms with van der Waals surface area (Å²) < 4.78 is 32.6. The number of hydrogen-bond donors (Lipinski definition) is 0. The number of aromatic nitrogens is 2. The Kier molecular flexibility index (Phi) is 7.27. The van der Waals surface area contributed by atoms with Gasteiger partial charge in [-0.15, -0.1) is 11.3 Å². The fourth-order valence-electron chi connectivity index (χ4n) is 3.79. The Bertz CT molecular complexity index is 1320. The van der Waals surface area contributed by atoms with Crippen LogP contribution >= 0.6 is 11.3 Å². The number of rotatable bonds is 8. The number of nitrogens with zero attached hydrogens (tertiary/aromatic N) is 4. The molecule has 0 spiro atoms. The van der Waals surface area contributed by atoms with Crippen molar-refractivity contribution in [3.05, 3.63) is 65.3 Å². The summed E-state index contributed by atoms with van der Waals surface area (Å²) in [5.74, 6) is 1.22. The maximum absolute atomic E-state index is 14.6. The highest BCUT2D eigenvalue weighted by molar-refractivity contribution is 7.17. The minimum atomic E-state index is -0.481. The summed E-state index contributed by atoms with van der Waals surface area (Å²) in [5.41, 5.74) is 2.23. The van der Waals surface area contributed by atoms with Gasteiger partial charge in [-0.25, -0.2) is 9.37 Å². The molecule has 2 aromatic carbocycles. The lowest BCUT2D eigenvalue weighted by atomic mass is 10.2. The lowest BCUT2D eigenvalue weighted by Crippen LogP contribution is -2.38. The first-order valence-corrected chi connectivity index (χ1v) is 12.3. The Balaban J connectivity index is 1.32. The Morgan fingerprint density at radius 1 is 1.11 bits per heavy atom. The van der Waals surface area contributed by atoms with Gasteiger partial charge in [-0.05, 0) is 59.5 Å². The van der Waals surface area contributed by atoms with Gasteiger partial charge in [0, 0.05) is 38.5 Å². The molecule has 0 aliphatic carbocycles. The third-order valence-corrected chi connectivity index (χ3v) is 6.50. The number of ether oxygens (including phenoxy) is 3. The van der Waals surface area contributed by atoms with Gasteiger partial charge >= 0.3 is 0 Å². The van der Waals surface area contributed by atoms with Crippen LogP contribution in [0.5, 0.6) is 17.4 Å². The molecule has 1 aliphatic rings. The number of morpholine rings is 1. The van der Waals surface area contributed by atoms with E-state index in [0.717, 1.165) is 54.4 Å². The molecule has 0 saturated carbocycles. The Morgan fingerprint density at radius 3 is 2.71 bits per heavy atom. The summed E-state index contributed by atoms with van der Waals surface area (Å²) in [6.07, 6.45) is 1.59. The first kappa shape index (κ1) is 23.3. The molecular weight excluding hydrogens is 467 g/mol. The molecule has 0 bridgehead atoms. The molecule has 0 N–H and O–H groups in total. The molecule has 180 valence electrons. The van der Waals surface area contributed by atoms with Crippen molar-refractivity contribution in [2.75, 3.05) is 46.5 Å². The molecule has 0 amide bonds. The van der Waals surface area contributed by atoms with Crippen molar-refractivity contribution in [2.45, 2.75) is 0 Å². The average molecular weight is 493 g/mol. The highest BCUT2D eigenvalue weighted by Crippen LogP contribution is 2.34. The largest absolute Gasteiger partial charge is 0.492 e. The summed E-state index contributed by atoms with van der Waals surface area (Å²) >= 11 is 1.45. The van der Waals surface area contributed by atoms with E-state index in [1.807, 2.05) is 35.7 Å². The molecule has 7 nitrogen and oxygen atoms in total. The van der Waals surface area contributed by atoms with E-state index in [1.165, 1.54) is 17.4 Å². The van der Waals surface area contributed by atoms with Crippen molar-refractivity contribution in [3.63, 3.8) is 0 Å². The van der Waals surface area contributed by atoms with Crippen LogP contribution in [0.3, 0.4) is 0 Å². The Hall–Kier alpha value is -3.40. The minimum absolute atomic E-state index is 0.0987. The molecular formula is C26H25FN4O3S. The molecule has 1 aliphatic heterocycles. The third-order valence-electron chi connectivity index (χ3n) is 5.61. The van der Waals surface area contributed by atoms with Crippen LogP contribution in [0.15, 0.2) is 58.9 Å². The van der Waals surface area contributed by atoms with Gasteiger partial charge in [-0.1, -0.05) is 0 Å². The van der Waals surface area contributed by atoms with E-state index in [-0.39, 0.29) is 5.75 Å². The van der Waals surface area contributed by atoms with Gasteiger partial charge in [0.05, 0.1) is 18.7 Å². The number of benzene rings is 2. The van der Waals surface area contributed by atoms with Crippen LogP contribution in [0, 0.1) is 5.82 Å². The quantitative estimate of drug-likeness (QED) is 0.321. The van der Waals surface area contributed by atoms with Crippen LogP contribution < -0.4 is 9.47 Å². The van der Waals surface area contributed by atoms with Gasteiger partial charge in [-0.2, -0.15) is 4.98 Å². The number of aliphatic imine (C=N–C) groups is 1. The number of fused-ring (bicyclic) bond motifs is 1. The van der Waals surface area contributed by atoms with Crippen molar-refractivity contribution in [1.29, 1.82) is 0 Å². The summed E-state index contributed by atoms with van der Waals surface area (Å²) in [4.78, 5) is 15.5. The molecule has 0 radical (unpaired) electrons. The zero-order chi connectivity index (χ0) is 24.0. The summed E-state index contributed by atoms with van der Waals surface area (Å²) in [6.45, 7) is 4.92.